The largest absolute Gasteiger partial charge is 0.497 e. The number of benzene rings is 1. The fourth-order valence-electron chi connectivity index (χ4n) is 1.73. The lowest BCUT2D eigenvalue weighted by Gasteiger charge is -2.25. The normalized spacial score (nSPS) is 24.5. The number of nitrogens with two attached hydrogens (primary N) is 1. The molecule has 0 saturated carbocycles. The van der Waals surface area contributed by atoms with Gasteiger partial charge in [0.05, 0.1) is 19.2 Å². The van der Waals surface area contributed by atoms with Crippen molar-refractivity contribution in [2.45, 2.75) is 12.5 Å². The quantitative estimate of drug-likeness (QED) is 0.751. The molecule has 4 nitrogen and oxygen atoms in total. The average molecular weight is 205 g/mol. The number of nitrogens with one attached hydrogen (secondary N) is 1. The zero-order valence-corrected chi connectivity index (χ0v) is 8.95. The maximum Gasteiger partial charge on any atom is 0.189 e. The molecular weight excluding hydrogens is 190 g/mol. The van der Waals surface area contributed by atoms with E-state index < -0.39 is 0 Å². The van der Waals surface area contributed by atoms with Crippen molar-refractivity contribution in [3.05, 3.63) is 29.8 Å². The summed E-state index contributed by atoms with van der Waals surface area (Å²) in [5, 5.41) is 3.17. The van der Waals surface area contributed by atoms with Crippen LogP contribution >= 0.6 is 0 Å². The topological polar surface area (TPSA) is 59.6 Å². The van der Waals surface area contributed by atoms with Crippen molar-refractivity contribution in [3.63, 3.8) is 0 Å². The molecule has 3 N–H and O–H groups in total. The third kappa shape index (κ3) is 1.75. The molecule has 1 heterocycles. The third-order valence-corrected chi connectivity index (χ3v) is 2.68. The van der Waals surface area contributed by atoms with E-state index in [0.29, 0.717) is 12.5 Å². The monoisotopic (exact) mass is 205 g/mol. The second-order valence-corrected chi connectivity index (χ2v) is 3.89. The van der Waals surface area contributed by atoms with Crippen LogP contribution < -0.4 is 15.8 Å². The van der Waals surface area contributed by atoms with E-state index in [-0.39, 0.29) is 5.54 Å². The van der Waals surface area contributed by atoms with Gasteiger partial charge in [-0.2, -0.15) is 0 Å². The molecule has 1 aromatic rings. The smallest absolute Gasteiger partial charge is 0.189 e. The van der Waals surface area contributed by atoms with Crippen molar-refractivity contribution < 1.29 is 4.74 Å². The second-order valence-electron chi connectivity index (χ2n) is 3.89. The zero-order chi connectivity index (χ0) is 10.9. The molecule has 0 amide bonds. The minimum absolute atomic E-state index is 0.210. The van der Waals surface area contributed by atoms with E-state index in [9.17, 15) is 0 Å². The van der Waals surface area contributed by atoms with Gasteiger partial charge in [-0.25, -0.2) is 0 Å². The van der Waals surface area contributed by atoms with Gasteiger partial charge in [-0.1, -0.05) is 12.1 Å². The first kappa shape index (κ1) is 9.83. The highest BCUT2D eigenvalue weighted by Gasteiger charge is 2.31. The molecule has 0 saturated heterocycles. The maximum atomic E-state index is 5.63. The predicted octanol–water partition coefficient (Wildman–Crippen LogP) is 0.828. The SMILES string of the molecule is COc1cccc(C2(C)CN=C(N)N2)c1. The molecule has 4 heteroatoms. The molecule has 0 spiro atoms. The van der Waals surface area contributed by atoms with E-state index in [1.807, 2.05) is 24.3 Å². The van der Waals surface area contributed by atoms with Crippen molar-refractivity contribution in [1.82, 2.24) is 5.32 Å². The summed E-state index contributed by atoms with van der Waals surface area (Å²) in [6, 6.07) is 7.94. The standard InChI is InChI=1S/C11H15N3O/c1-11(7-13-10(12)14-11)8-4-3-5-9(6-8)15-2/h3-6H,7H2,1-2H3,(H3,12,13,14). The van der Waals surface area contributed by atoms with Crippen LogP contribution in [0.2, 0.25) is 0 Å². The van der Waals surface area contributed by atoms with Crippen LogP contribution in [0.5, 0.6) is 5.75 Å². The van der Waals surface area contributed by atoms with Crippen LogP contribution in [0.15, 0.2) is 29.3 Å². The maximum absolute atomic E-state index is 5.63. The van der Waals surface area contributed by atoms with Crippen LogP contribution in [-0.4, -0.2) is 19.6 Å². The summed E-state index contributed by atoms with van der Waals surface area (Å²) in [6.45, 7) is 2.73. The van der Waals surface area contributed by atoms with Crippen molar-refractivity contribution in [3.8, 4) is 5.75 Å². The number of nitrogens with zero attached hydrogens (tertiary/aromatic N) is 1. The van der Waals surface area contributed by atoms with Gasteiger partial charge < -0.3 is 15.8 Å². The summed E-state index contributed by atoms with van der Waals surface area (Å²) in [5.74, 6) is 1.35. The summed E-state index contributed by atoms with van der Waals surface area (Å²) >= 11 is 0. The number of hydrogen-bond donors (Lipinski definition) is 2. The molecule has 1 aliphatic rings. The molecule has 0 bridgehead atoms. The molecule has 0 aromatic heterocycles. The molecule has 1 aromatic carbocycles. The summed E-state index contributed by atoms with van der Waals surface area (Å²) in [4.78, 5) is 4.16. The second kappa shape index (κ2) is 3.46. The Balaban J connectivity index is 2.30. The lowest BCUT2D eigenvalue weighted by molar-refractivity contribution is 0.410. The molecule has 0 fully saturated rings. The van der Waals surface area contributed by atoms with Crippen LogP contribution in [0.3, 0.4) is 0 Å². The van der Waals surface area contributed by atoms with Gasteiger partial charge in [-0.05, 0) is 24.6 Å². The Labute approximate surface area is 89.1 Å². The van der Waals surface area contributed by atoms with Gasteiger partial charge in [0.1, 0.15) is 5.75 Å². The van der Waals surface area contributed by atoms with Crippen molar-refractivity contribution in [2.75, 3.05) is 13.7 Å². The first-order chi connectivity index (χ1) is 7.14. The van der Waals surface area contributed by atoms with Crippen molar-refractivity contribution >= 4 is 5.96 Å². The fraction of sp³-hybridized carbons (Fsp3) is 0.364. The fourth-order valence-corrected chi connectivity index (χ4v) is 1.73. The summed E-state index contributed by atoms with van der Waals surface area (Å²) in [6.07, 6.45) is 0. The molecule has 0 aliphatic carbocycles. The van der Waals surface area contributed by atoms with E-state index >= 15 is 0 Å². The number of hydrogen-bond acceptors (Lipinski definition) is 4. The van der Waals surface area contributed by atoms with Crippen molar-refractivity contribution in [2.24, 2.45) is 10.7 Å². The minimum Gasteiger partial charge on any atom is -0.497 e. The molecule has 2 rings (SSSR count). The molecular formula is C11H15N3O. The molecule has 1 unspecified atom stereocenters. The third-order valence-electron chi connectivity index (χ3n) is 2.68. The molecule has 15 heavy (non-hydrogen) atoms. The number of methoxy groups -OCH3 is 1. The summed E-state index contributed by atoms with van der Waals surface area (Å²) < 4.78 is 5.19. The highest BCUT2D eigenvalue weighted by Crippen LogP contribution is 2.26. The number of ether oxygens (including phenoxy) is 1. The molecule has 1 aliphatic heterocycles. The first-order valence-corrected chi connectivity index (χ1v) is 4.87. The Kier molecular flexibility index (Phi) is 2.26. The van der Waals surface area contributed by atoms with Crippen LogP contribution in [0.25, 0.3) is 0 Å². The van der Waals surface area contributed by atoms with Crippen molar-refractivity contribution in [1.29, 1.82) is 0 Å². The Morgan fingerprint density at radius 1 is 1.53 bits per heavy atom. The van der Waals surface area contributed by atoms with Crippen LogP contribution in [-0.2, 0) is 5.54 Å². The van der Waals surface area contributed by atoms with Gasteiger partial charge >= 0.3 is 0 Å². The van der Waals surface area contributed by atoms with Gasteiger partial charge in [0.2, 0.25) is 0 Å². The number of aliphatic imine (C=N–C) groups is 1. The van der Waals surface area contributed by atoms with E-state index in [0.717, 1.165) is 11.3 Å². The highest BCUT2D eigenvalue weighted by molar-refractivity contribution is 5.81. The Bertz CT molecular complexity index is 403. The first-order valence-electron chi connectivity index (χ1n) is 4.87. The Morgan fingerprint density at radius 3 is 2.93 bits per heavy atom. The highest BCUT2D eigenvalue weighted by atomic mass is 16.5. The van der Waals surface area contributed by atoms with E-state index in [1.54, 1.807) is 7.11 Å². The molecule has 0 radical (unpaired) electrons. The van der Waals surface area contributed by atoms with Gasteiger partial charge in [0, 0.05) is 0 Å². The summed E-state index contributed by atoms with van der Waals surface area (Å²) in [5.41, 5.74) is 6.55. The van der Waals surface area contributed by atoms with Crippen LogP contribution in [0, 0.1) is 0 Å². The Hall–Kier alpha value is -1.71. The van der Waals surface area contributed by atoms with Crippen LogP contribution in [0.4, 0.5) is 0 Å². The lowest BCUT2D eigenvalue weighted by atomic mass is 9.93. The van der Waals surface area contributed by atoms with Crippen LogP contribution in [0.1, 0.15) is 12.5 Å². The predicted molar refractivity (Wildman–Crippen MR) is 60.0 cm³/mol. The van der Waals surface area contributed by atoms with Gasteiger partial charge in [0.25, 0.3) is 0 Å². The van der Waals surface area contributed by atoms with E-state index in [1.165, 1.54) is 0 Å². The Morgan fingerprint density at radius 2 is 2.33 bits per heavy atom. The number of rotatable bonds is 2. The van der Waals surface area contributed by atoms with E-state index in [2.05, 4.69) is 17.2 Å². The molecule has 1 atom stereocenters. The van der Waals surface area contributed by atoms with Gasteiger partial charge in [0.15, 0.2) is 5.96 Å². The zero-order valence-electron chi connectivity index (χ0n) is 8.95. The number of guanidine groups is 1. The lowest BCUT2D eigenvalue weighted by Crippen LogP contribution is -2.42. The minimum atomic E-state index is -0.210. The van der Waals surface area contributed by atoms with Gasteiger partial charge in [-0.15, -0.1) is 0 Å². The average Bonchev–Trinajstić information content (AvgIpc) is 2.60. The molecule has 80 valence electrons. The van der Waals surface area contributed by atoms with Gasteiger partial charge in [-0.3, -0.25) is 4.99 Å². The van der Waals surface area contributed by atoms with E-state index in [4.69, 9.17) is 10.5 Å². The summed E-state index contributed by atoms with van der Waals surface area (Å²) in [7, 11) is 1.66.